The van der Waals surface area contributed by atoms with Gasteiger partial charge < -0.3 is 0 Å². The number of thiol groups is 2. The summed E-state index contributed by atoms with van der Waals surface area (Å²) in [6.07, 6.45) is 37.1. The summed E-state index contributed by atoms with van der Waals surface area (Å²) in [6.45, 7) is 4.60. The average Bonchev–Trinajstić information content (AvgIpc) is 2.84. The molecule has 0 aromatic heterocycles. The second kappa shape index (κ2) is 27.3. The van der Waals surface area contributed by atoms with Crippen LogP contribution in [-0.2, 0) is 0 Å². The highest BCUT2D eigenvalue weighted by Gasteiger charge is 2.25. The monoisotopic (exact) mass is 500 g/mol. The molecule has 0 fully saturated rings. The Hall–Kier alpha value is 0.700. The fourth-order valence-electron chi connectivity index (χ4n) is 5.17. The Morgan fingerprint density at radius 2 is 0.545 bits per heavy atom. The molecule has 0 aliphatic rings. The molecule has 0 radical (unpaired) electrons. The van der Waals surface area contributed by atoms with Crippen LogP contribution < -0.4 is 0 Å². The predicted molar refractivity (Wildman–Crippen MR) is 162 cm³/mol. The Morgan fingerprint density at radius 3 is 0.758 bits per heavy atom. The van der Waals surface area contributed by atoms with Crippen LogP contribution in [0.1, 0.15) is 181 Å². The van der Waals surface area contributed by atoms with Gasteiger partial charge in [0.15, 0.2) is 0 Å². The quantitative estimate of drug-likeness (QED) is 0.0774. The van der Waals surface area contributed by atoms with Gasteiger partial charge in [-0.1, -0.05) is 168 Å². The Kier molecular flexibility index (Phi) is 27.9. The van der Waals surface area contributed by atoms with Crippen molar-refractivity contribution >= 4 is 25.3 Å². The van der Waals surface area contributed by atoms with E-state index in [2.05, 4.69) is 13.8 Å². The van der Waals surface area contributed by atoms with Crippen LogP contribution in [0.3, 0.4) is 0 Å². The Labute approximate surface area is 222 Å². The molecule has 0 heterocycles. The van der Waals surface area contributed by atoms with Gasteiger partial charge in [-0.15, -0.1) is 0 Å². The summed E-state index contributed by atoms with van der Waals surface area (Å²) < 4.78 is 0. The van der Waals surface area contributed by atoms with Gasteiger partial charge in [0.25, 0.3) is 0 Å². The molecule has 0 rings (SSSR count). The molecule has 0 N–H and O–H groups in total. The first kappa shape index (κ1) is 33.7. The maximum absolute atomic E-state index is 4.76. The highest BCUT2D eigenvalue weighted by atomic mass is 32.1. The van der Waals surface area contributed by atoms with E-state index in [9.17, 15) is 0 Å². The minimum absolute atomic E-state index is 0.392. The van der Waals surface area contributed by atoms with Crippen molar-refractivity contribution in [3.05, 3.63) is 0 Å². The van der Waals surface area contributed by atoms with Gasteiger partial charge in [0, 0.05) is 0 Å². The second-order valence-corrected chi connectivity index (χ2v) is 11.7. The van der Waals surface area contributed by atoms with Crippen LogP contribution in [0.5, 0.6) is 0 Å². The molecule has 0 aliphatic heterocycles. The van der Waals surface area contributed by atoms with Gasteiger partial charge in [0.2, 0.25) is 0 Å². The summed E-state index contributed by atoms with van der Waals surface area (Å²) in [7, 11) is 0. The van der Waals surface area contributed by atoms with Gasteiger partial charge in [0.1, 0.15) is 0 Å². The van der Waals surface area contributed by atoms with Crippen LogP contribution in [0, 0.1) is 5.41 Å². The molecule has 0 aromatic rings. The molecule has 200 valence electrons. The smallest absolute Gasteiger partial charge is 0.00334 e. The number of rotatable bonds is 28. The summed E-state index contributed by atoms with van der Waals surface area (Å²) in [5.74, 6) is 2.04. The lowest BCUT2D eigenvalue weighted by Crippen LogP contribution is -2.25. The lowest BCUT2D eigenvalue weighted by molar-refractivity contribution is 0.298. The van der Waals surface area contributed by atoms with Crippen LogP contribution >= 0.6 is 25.3 Å². The molecule has 0 aliphatic carbocycles. The first-order chi connectivity index (χ1) is 16.2. The van der Waals surface area contributed by atoms with Crippen LogP contribution in [0.2, 0.25) is 0 Å². The molecule has 0 atom stereocenters. The van der Waals surface area contributed by atoms with E-state index in [0.717, 1.165) is 11.5 Å². The van der Waals surface area contributed by atoms with Crippen molar-refractivity contribution in [3.63, 3.8) is 0 Å². The Morgan fingerprint density at radius 1 is 0.333 bits per heavy atom. The number of hydrogen-bond acceptors (Lipinski definition) is 2. The van der Waals surface area contributed by atoms with Crippen molar-refractivity contribution in [2.24, 2.45) is 5.41 Å². The van der Waals surface area contributed by atoms with Crippen molar-refractivity contribution in [2.45, 2.75) is 181 Å². The van der Waals surface area contributed by atoms with Crippen LogP contribution in [-0.4, -0.2) is 11.5 Å². The highest BCUT2D eigenvalue weighted by molar-refractivity contribution is 7.81. The minimum atomic E-state index is 0.392. The first-order valence-corrected chi connectivity index (χ1v) is 16.7. The molecule has 0 saturated heterocycles. The van der Waals surface area contributed by atoms with E-state index in [1.165, 1.54) is 167 Å². The van der Waals surface area contributed by atoms with E-state index in [1.807, 2.05) is 0 Å². The number of hydrogen-bond donors (Lipinski definition) is 2. The molecular weight excluding hydrogens is 436 g/mol. The molecular formula is C31H64S2. The molecule has 0 aromatic carbocycles. The van der Waals surface area contributed by atoms with Crippen LogP contribution in [0.25, 0.3) is 0 Å². The van der Waals surface area contributed by atoms with Gasteiger partial charge in [0.05, 0.1) is 0 Å². The maximum atomic E-state index is 4.76. The lowest BCUT2D eigenvalue weighted by Gasteiger charge is -2.31. The molecule has 33 heavy (non-hydrogen) atoms. The average molecular weight is 501 g/mol. The van der Waals surface area contributed by atoms with E-state index in [0.29, 0.717) is 5.41 Å². The van der Waals surface area contributed by atoms with E-state index in [-0.39, 0.29) is 0 Å². The van der Waals surface area contributed by atoms with E-state index in [4.69, 9.17) is 25.3 Å². The SMILES string of the molecule is CCCCCCCCCCCCCCC(CS)(CS)CCCCCCCCCCCCCC. The molecule has 0 nitrogen and oxygen atoms in total. The molecule has 0 amide bonds. The van der Waals surface area contributed by atoms with Crippen molar-refractivity contribution < 1.29 is 0 Å². The van der Waals surface area contributed by atoms with Gasteiger partial charge in [-0.25, -0.2) is 0 Å². The zero-order chi connectivity index (χ0) is 24.3. The van der Waals surface area contributed by atoms with E-state index < -0.39 is 0 Å². The third-order valence-corrected chi connectivity index (χ3v) is 9.13. The van der Waals surface area contributed by atoms with E-state index in [1.54, 1.807) is 0 Å². The summed E-state index contributed by atoms with van der Waals surface area (Å²) in [6, 6.07) is 0. The normalized spacial score (nSPS) is 12.0. The largest absolute Gasteiger partial charge is 0.179 e. The third kappa shape index (κ3) is 22.9. The predicted octanol–water partition coefficient (Wildman–Crippen LogP) is 12.0. The Balaban J connectivity index is 3.58. The van der Waals surface area contributed by atoms with Gasteiger partial charge in [-0.3, -0.25) is 0 Å². The highest BCUT2D eigenvalue weighted by Crippen LogP contribution is 2.34. The molecule has 2 heteroatoms. The van der Waals surface area contributed by atoms with Gasteiger partial charge >= 0.3 is 0 Å². The maximum Gasteiger partial charge on any atom is -0.00334 e. The molecule has 0 unspecified atom stereocenters. The fraction of sp³-hybridized carbons (Fsp3) is 1.00. The first-order valence-electron chi connectivity index (χ1n) is 15.5. The van der Waals surface area contributed by atoms with Crippen molar-refractivity contribution in [1.82, 2.24) is 0 Å². The fourth-order valence-corrected chi connectivity index (χ4v) is 6.21. The van der Waals surface area contributed by atoms with Gasteiger partial charge in [-0.05, 0) is 29.8 Å². The van der Waals surface area contributed by atoms with Crippen molar-refractivity contribution in [2.75, 3.05) is 11.5 Å². The molecule has 0 saturated carbocycles. The second-order valence-electron chi connectivity index (χ2n) is 11.1. The van der Waals surface area contributed by atoms with E-state index >= 15 is 0 Å². The minimum Gasteiger partial charge on any atom is -0.179 e. The van der Waals surface area contributed by atoms with Gasteiger partial charge in [-0.2, -0.15) is 25.3 Å². The zero-order valence-corrected chi connectivity index (χ0v) is 25.0. The topological polar surface area (TPSA) is 0 Å². The standard InChI is InChI=1S/C31H64S2/c1-3-5-7-9-11-13-15-17-19-21-23-25-27-31(29-32,30-33)28-26-24-22-20-18-16-14-12-10-8-6-4-2/h32-33H,3-30H2,1-2H3. The number of unbranched alkanes of at least 4 members (excludes halogenated alkanes) is 22. The summed E-state index contributed by atoms with van der Waals surface area (Å²) in [5, 5.41) is 0. The van der Waals surface area contributed by atoms with Crippen LogP contribution in [0.15, 0.2) is 0 Å². The molecule has 0 bridgehead atoms. The third-order valence-electron chi connectivity index (χ3n) is 7.79. The zero-order valence-electron chi connectivity index (χ0n) is 23.2. The summed E-state index contributed by atoms with van der Waals surface area (Å²) in [4.78, 5) is 0. The van der Waals surface area contributed by atoms with Crippen LogP contribution in [0.4, 0.5) is 0 Å². The van der Waals surface area contributed by atoms with Crippen molar-refractivity contribution in [3.8, 4) is 0 Å². The summed E-state index contributed by atoms with van der Waals surface area (Å²) in [5.41, 5.74) is 0.392. The summed E-state index contributed by atoms with van der Waals surface area (Å²) >= 11 is 9.51. The molecule has 0 spiro atoms. The Bertz CT molecular complexity index is 321. The van der Waals surface area contributed by atoms with Crippen molar-refractivity contribution in [1.29, 1.82) is 0 Å². The lowest BCUT2D eigenvalue weighted by atomic mass is 9.81.